The highest BCUT2D eigenvalue weighted by atomic mass is 16.6. The van der Waals surface area contributed by atoms with Crippen molar-refractivity contribution in [2.24, 2.45) is 5.73 Å². The molecule has 1 amide bonds. The van der Waals surface area contributed by atoms with E-state index >= 15 is 0 Å². The van der Waals surface area contributed by atoms with Gasteiger partial charge in [-0.2, -0.15) is 0 Å². The Morgan fingerprint density at radius 1 is 1.26 bits per heavy atom. The Morgan fingerprint density at radius 3 is 2.79 bits per heavy atom. The van der Waals surface area contributed by atoms with Crippen molar-refractivity contribution < 1.29 is 14.3 Å². The minimum Gasteiger partial charge on any atom is -0.486 e. The summed E-state index contributed by atoms with van der Waals surface area (Å²) in [6.45, 7) is 3.35. The lowest BCUT2D eigenvalue weighted by molar-refractivity contribution is -0.117. The second-order valence-electron chi connectivity index (χ2n) is 4.85. The molecule has 1 aliphatic rings. The normalized spacial score (nSPS) is 13.3. The van der Waals surface area contributed by atoms with E-state index in [2.05, 4.69) is 13.0 Å². The van der Waals surface area contributed by atoms with Crippen molar-refractivity contribution in [3.63, 3.8) is 0 Å². The quantitative estimate of drug-likeness (QED) is 0.856. The molecule has 0 saturated heterocycles. The third kappa shape index (κ3) is 3.63. The van der Waals surface area contributed by atoms with Gasteiger partial charge in [0.25, 0.3) is 0 Å². The summed E-state index contributed by atoms with van der Waals surface area (Å²) in [4.78, 5) is 10.9. The highest BCUT2D eigenvalue weighted by Gasteiger charge is 2.17. The zero-order valence-corrected chi connectivity index (χ0v) is 11.4. The van der Waals surface area contributed by atoms with Crippen LogP contribution in [0.15, 0.2) is 12.1 Å². The Balaban J connectivity index is 2.22. The molecule has 0 saturated carbocycles. The number of unbranched alkanes of at least 4 members (excludes halogenated alkanes) is 1. The van der Waals surface area contributed by atoms with Gasteiger partial charge in [0, 0.05) is 6.42 Å². The lowest BCUT2D eigenvalue weighted by Gasteiger charge is -2.22. The largest absolute Gasteiger partial charge is 0.486 e. The molecular formula is C15H21NO3. The van der Waals surface area contributed by atoms with E-state index < -0.39 is 0 Å². The van der Waals surface area contributed by atoms with Gasteiger partial charge in [-0.15, -0.1) is 0 Å². The van der Waals surface area contributed by atoms with Crippen molar-refractivity contribution in [1.29, 1.82) is 0 Å². The molecule has 0 fully saturated rings. The van der Waals surface area contributed by atoms with E-state index in [0.717, 1.165) is 36.3 Å². The Labute approximate surface area is 113 Å². The number of carbonyl (C=O) groups excluding carboxylic acids is 1. The number of amides is 1. The molecule has 4 nitrogen and oxygen atoms in total. The molecule has 0 unspecified atom stereocenters. The number of benzene rings is 1. The van der Waals surface area contributed by atoms with E-state index in [9.17, 15) is 4.79 Å². The fourth-order valence-electron chi connectivity index (χ4n) is 2.25. The molecule has 0 radical (unpaired) electrons. The van der Waals surface area contributed by atoms with Crippen molar-refractivity contribution >= 4 is 5.91 Å². The summed E-state index contributed by atoms with van der Waals surface area (Å²) in [5, 5.41) is 0. The first-order valence-corrected chi connectivity index (χ1v) is 6.90. The fraction of sp³-hybridized carbons (Fsp3) is 0.533. The van der Waals surface area contributed by atoms with Gasteiger partial charge in [0.05, 0.1) is 0 Å². The molecule has 104 valence electrons. The second-order valence-corrected chi connectivity index (χ2v) is 4.85. The number of primary amides is 1. The molecule has 0 bridgehead atoms. The predicted octanol–water partition coefficient (Wildman–Crippen LogP) is 2.22. The van der Waals surface area contributed by atoms with Crippen molar-refractivity contribution in [3.05, 3.63) is 23.3 Å². The van der Waals surface area contributed by atoms with Crippen LogP contribution in [0.3, 0.4) is 0 Å². The van der Waals surface area contributed by atoms with Gasteiger partial charge in [-0.25, -0.2) is 0 Å². The Hall–Kier alpha value is -1.71. The van der Waals surface area contributed by atoms with Gasteiger partial charge < -0.3 is 15.2 Å². The molecule has 2 rings (SSSR count). The Bertz CT molecular complexity index is 457. The molecular weight excluding hydrogens is 242 g/mol. The first kappa shape index (κ1) is 13.7. The number of ether oxygens (including phenoxy) is 2. The molecule has 0 aromatic heterocycles. The number of nitrogens with two attached hydrogens (primary N) is 1. The van der Waals surface area contributed by atoms with Crippen LogP contribution in [0.5, 0.6) is 11.5 Å². The number of aryl methyl sites for hydroxylation is 2. The molecule has 1 aliphatic heterocycles. The average molecular weight is 263 g/mol. The maximum absolute atomic E-state index is 10.9. The first-order chi connectivity index (χ1) is 9.20. The van der Waals surface area contributed by atoms with Crippen molar-refractivity contribution in [3.8, 4) is 11.5 Å². The highest BCUT2D eigenvalue weighted by Crippen LogP contribution is 2.36. The van der Waals surface area contributed by atoms with Gasteiger partial charge in [-0.05, 0) is 36.5 Å². The van der Waals surface area contributed by atoms with Gasteiger partial charge in [-0.1, -0.05) is 19.4 Å². The van der Waals surface area contributed by atoms with Crippen LogP contribution in [0.1, 0.15) is 37.3 Å². The van der Waals surface area contributed by atoms with Crippen LogP contribution in [-0.2, 0) is 17.6 Å². The number of hydrogen-bond donors (Lipinski definition) is 1. The van der Waals surface area contributed by atoms with Crippen LogP contribution in [0.2, 0.25) is 0 Å². The van der Waals surface area contributed by atoms with E-state index in [-0.39, 0.29) is 5.91 Å². The summed E-state index contributed by atoms with van der Waals surface area (Å²) in [5.41, 5.74) is 7.47. The Kier molecular flexibility index (Phi) is 4.66. The monoisotopic (exact) mass is 263 g/mol. The first-order valence-electron chi connectivity index (χ1n) is 6.90. The summed E-state index contributed by atoms with van der Waals surface area (Å²) in [5.74, 6) is 1.41. The maximum Gasteiger partial charge on any atom is 0.217 e. The minimum atomic E-state index is -0.273. The van der Waals surface area contributed by atoms with Gasteiger partial charge in [0.1, 0.15) is 13.2 Å². The van der Waals surface area contributed by atoms with Gasteiger partial charge in [0.2, 0.25) is 5.91 Å². The van der Waals surface area contributed by atoms with Crippen LogP contribution in [0.25, 0.3) is 0 Å². The smallest absolute Gasteiger partial charge is 0.217 e. The summed E-state index contributed by atoms with van der Waals surface area (Å²) >= 11 is 0. The topological polar surface area (TPSA) is 61.6 Å². The lowest BCUT2D eigenvalue weighted by atomic mass is 10.0. The molecule has 0 atom stereocenters. The van der Waals surface area contributed by atoms with E-state index in [1.165, 1.54) is 5.56 Å². The predicted molar refractivity (Wildman–Crippen MR) is 73.6 cm³/mol. The zero-order valence-electron chi connectivity index (χ0n) is 11.4. The van der Waals surface area contributed by atoms with E-state index in [1.807, 2.05) is 6.07 Å². The highest BCUT2D eigenvalue weighted by molar-refractivity contribution is 5.74. The summed E-state index contributed by atoms with van der Waals surface area (Å²) in [6, 6.07) is 4.08. The maximum atomic E-state index is 10.9. The third-order valence-corrected chi connectivity index (χ3v) is 3.24. The average Bonchev–Trinajstić information content (AvgIpc) is 2.42. The van der Waals surface area contributed by atoms with Crippen molar-refractivity contribution in [1.82, 2.24) is 0 Å². The molecule has 0 spiro atoms. The molecule has 19 heavy (non-hydrogen) atoms. The standard InChI is InChI=1S/C15H21NO3/c1-2-3-4-12-9-11(5-6-14(16)17)10-13-15(12)19-8-7-18-13/h9-10H,2-8H2,1H3,(H2,16,17). The van der Waals surface area contributed by atoms with Gasteiger partial charge in [-0.3, -0.25) is 4.79 Å². The van der Waals surface area contributed by atoms with E-state index in [4.69, 9.17) is 15.2 Å². The fourth-order valence-corrected chi connectivity index (χ4v) is 2.25. The molecule has 4 heteroatoms. The minimum absolute atomic E-state index is 0.273. The number of fused-ring (bicyclic) bond motifs is 1. The zero-order chi connectivity index (χ0) is 13.7. The van der Waals surface area contributed by atoms with Gasteiger partial charge >= 0.3 is 0 Å². The molecule has 1 aromatic rings. The van der Waals surface area contributed by atoms with Crippen LogP contribution < -0.4 is 15.2 Å². The van der Waals surface area contributed by atoms with Crippen LogP contribution in [0, 0.1) is 0 Å². The lowest BCUT2D eigenvalue weighted by Crippen LogP contribution is -2.17. The molecule has 1 heterocycles. The summed E-state index contributed by atoms with van der Waals surface area (Å²) < 4.78 is 11.4. The number of carbonyl (C=O) groups is 1. The van der Waals surface area contributed by atoms with E-state index in [1.54, 1.807) is 0 Å². The Morgan fingerprint density at radius 2 is 2.05 bits per heavy atom. The molecule has 1 aromatic carbocycles. The van der Waals surface area contributed by atoms with Crippen LogP contribution in [-0.4, -0.2) is 19.1 Å². The van der Waals surface area contributed by atoms with E-state index in [0.29, 0.717) is 26.1 Å². The van der Waals surface area contributed by atoms with Gasteiger partial charge in [0.15, 0.2) is 11.5 Å². The van der Waals surface area contributed by atoms with Crippen LogP contribution in [0.4, 0.5) is 0 Å². The molecule has 0 aliphatic carbocycles. The summed E-state index contributed by atoms with van der Waals surface area (Å²) in [7, 11) is 0. The van der Waals surface area contributed by atoms with Crippen LogP contribution >= 0.6 is 0 Å². The second kappa shape index (κ2) is 6.45. The third-order valence-electron chi connectivity index (χ3n) is 3.24. The summed E-state index contributed by atoms with van der Waals surface area (Å²) in [6.07, 6.45) is 4.26. The number of hydrogen-bond acceptors (Lipinski definition) is 3. The van der Waals surface area contributed by atoms with Crippen molar-refractivity contribution in [2.45, 2.75) is 39.0 Å². The SMILES string of the molecule is CCCCc1cc(CCC(N)=O)cc2c1OCCO2. The van der Waals surface area contributed by atoms with Crippen molar-refractivity contribution in [2.75, 3.05) is 13.2 Å². The number of rotatable bonds is 6. The molecule has 2 N–H and O–H groups in total.